The summed E-state index contributed by atoms with van der Waals surface area (Å²) >= 11 is 0. The van der Waals surface area contributed by atoms with Crippen LogP contribution in [0.2, 0.25) is 0 Å². The van der Waals surface area contributed by atoms with Crippen molar-refractivity contribution in [2.75, 3.05) is 0 Å². The van der Waals surface area contributed by atoms with E-state index in [-0.39, 0.29) is 0 Å². The number of hydrogen-bond donors (Lipinski definition) is 0. The highest BCUT2D eigenvalue weighted by Crippen LogP contribution is 2.15. The van der Waals surface area contributed by atoms with Gasteiger partial charge in [-0.3, -0.25) is 0 Å². The lowest BCUT2D eigenvalue weighted by atomic mass is 10.0. The highest BCUT2D eigenvalue weighted by Gasteiger charge is 2.17. The van der Waals surface area contributed by atoms with Gasteiger partial charge in [-0.1, -0.05) is 179 Å². The SMILES string of the molecule is CCCCCCCCCCCCCCc1n(CCCCCCCCCCCCCC)cc[n+]1Cc1ccccc1. The maximum atomic E-state index is 2.58. The Kier molecular flexibility index (Phi) is 21.8. The minimum absolute atomic E-state index is 1.000. The fourth-order valence-electron chi connectivity index (χ4n) is 6.16. The van der Waals surface area contributed by atoms with Crippen LogP contribution in [0.25, 0.3) is 0 Å². The fourth-order valence-corrected chi connectivity index (χ4v) is 6.16. The molecule has 2 rings (SSSR count). The van der Waals surface area contributed by atoms with Gasteiger partial charge in [0.15, 0.2) is 0 Å². The van der Waals surface area contributed by atoms with Gasteiger partial charge in [-0.25, -0.2) is 9.13 Å². The van der Waals surface area contributed by atoms with Crippen molar-refractivity contribution >= 4 is 0 Å². The van der Waals surface area contributed by atoms with E-state index in [2.05, 4.69) is 65.7 Å². The molecule has 0 unspecified atom stereocenters. The molecule has 0 aliphatic carbocycles. The number of unbranched alkanes of at least 4 members (excludes halogenated alkanes) is 22. The molecule has 2 nitrogen and oxygen atoms in total. The molecule has 228 valence electrons. The molecule has 40 heavy (non-hydrogen) atoms. The zero-order chi connectivity index (χ0) is 28.4. The predicted molar refractivity (Wildman–Crippen MR) is 176 cm³/mol. The van der Waals surface area contributed by atoms with Crippen LogP contribution in [0.4, 0.5) is 0 Å². The number of imidazole rings is 1. The number of rotatable bonds is 28. The topological polar surface area (TPSA) is 8.81 Å². The summed E-state index contributed by atoms with van der Waals surface area (Å²) in [5.74, 6) is 1.54. The van der Waals surface area contributed by atoms with Crippen molar-refractivity contribution in [3.8, 4) is 0 Å². The largest absolute Gasteiger partial charge is 0.256 e. The standard InChI is InChI=1S/C38H67N2/c1-3-5-7-9-11-13-15-17-19-21-23-28-32-38-39(34-35-40(38)36-37-30-26-25-27-31-37)33-29-24-22-20-18-16-14-12-10-8-6-4-2/h25-27,30-31,34-35H,3-24,28-29,32-33,36H2,1-2H3/q+1. The number of aryl methyl sites for hydroxylation is 1. The average molecular weight is 552 g/mol. The summed E-state index contributed by atoms with van der Waals surface area (Å²) in [5, 5.41) is 0. The Morgan fingerprint density at radius 2 is 0.925 bits per heavy atom. The van der Waals surface area contributed by atoms with Crippen LogP contribution < -0.4 is 4.57 Å². The smallest absolute Gasteiger partial charge is 0.234 e. The molecule has 1 aromatic carbocycles. The quantitative estimate of drug-likeness (QED) is 0.0734. The molecule has 0 saturated heterocycles. The number of benzene rings is 1. The maximum Gasteiger partial charge on any atom is 0.256 e. The first-order valence-corrected chi connectivity index (χ1v) is 18.0. The van der Waals surface area contributed by atoms with Crippen LogP contribution in [0.3, 0.4) is 0 Å². The van der Waals surface area contributed by atoms with Gasteiger partial charge in [-0.05, 0) is 24.8 Å². The second kappa shape index (κ2) is 25.2. The molecule has 0 saturated carbocycles. The minimum atomic E-state index is 1.000. The first-order chi connectivity index (χ1) is 19.8. The Morgan fingerprint density at radius 1 is 0.500 bits per heavy atom. The second-order valence-corrected chi connectivity index (χ2v) is 12.5. The molecule has 0 aliphatic heterocycles. The molecule has 2 heteroatoms. The van der Waals surface area contributed by atoms with Gasteiger partial charge >= 0.3 is 0 Å². The van der Waals surface area contributed by atoms with E-state index in [1.165, 1.54) is 173 Å². The molecule has 0 radical (unpaired) electrons. The van der Waals surface area contributed by atoms with Crippen molar-refractivity contribution in [2.24, 2.45) is 0 Å². The highest BCUT2D eigenvalue weighted by atomic mass is 15.1. The molecule has 0 bridgehead atoms. The first-order valence-electron chi connectivity index (χ1n) is 18.0. The van der Waals surface area contributed by atoms with Gasteiger partial charge in [0.25, 0.3) is 5.82 Å². The normalized spacial score (nSPS) is 11.4. The van der Waals surface area contributed by atoms with Crippen molar-refractivity contribution in [1.29, 1.82) is 0 Å². The zero-order valence-electron chi connectivity index (χ0n) is 27.0. The van der Waals surface area contributed by atoms with Crippen LogP contribution in [0.1, 0.15) is 179 Å². The van der Waals surface area contributed by atoms with Crippen molar-refractivity contribution in [3.63, 3.8) is 0 Å². The van der Waals surface area contributed by atoms with Gasteiger partial charge in [-0.2, -0.15) is 0 Å². The summed E-state index contributed by atoms with van der Waals surface area (Å²) in [7, 11) is 0. The monoisotopic (exact) mass is 552 g/mol. The van der Waals surface area contributed by atoms with Crippen molar-refractivity contribution in [1.82, 2.24) is 4.57 Å². The Hall–Kier alpha value is -1.57. The summed E-state index contributed by atoms with van der Waals surface area (Å²) < 4.78 is 5.10. The van der Waals surface area contributed by atoms with Gasteiger partial charge in [0.05, 0.1) is 6.54 Å². The van der Waals surface area contributed by atoms with E-state index >= 15 is 0 Å². The summed E-state index contributed by atoms with van der Waals surface area (Å²) in [4.78, 5) is 0. The lowest BCUT2D eigenvalue weighted by Crippen LogP contribution is -2.37. The lowest BCUT2D eigenvalue weighted by molar-refractivity contribution is -0.695. The van der Waals surface area contributed by atoms with E-state index in [9.17, 15) is 0 Å². The summed E-state index contributed by atoms with van der Waals surface area (Å²) in [5.41, 5.74) is 1.41. The number of hydrogen-bond acceptors (Lipinski definition) is 0. The van der Waals surface area contributed by atoms with Crippen LogP contribution in [0.15, 0.2) is 42.7 Å². The van der Waals surface area contributed by atoms with Gasteiger partial charge < -0.3 is 0 Å². The molecule has 1 heterocycles. The fraction of sp³-hybridized carbons (Fsp3) is 0.763. The van der Waals surface area contributed by atoms with Crippen molar-refractivity contribution < 1.29 is 4.57 Å². The average Bonchev–Trinajstić information content (AvgIpc) is 3.35. The van der Waals surface area contributed by atoms with Crippen LogP contribution in [-0.4, -0.2) is 4.57 Å². The molecule has 0 fully saturated rings. The molecule has 0 amide bonds. The van der Waals surface area contributed by atoms with E-state index in [1.807, 2.05) is 0 Å². The van der Waals surface area contributed by atoms with Crippen molar-refractivity contribution in [3.05, 3.63) is 54.1 Å². The van der Waals surface area contributed by atoms with E-state index in [1.54, 1.807) is 5.82 Å². The van der Waals surface area contributed by atoms with Crippen LogP contribution in [0, 0.1) is 0 Å². The van der Waals surface area contributed by atoms with Crippen LogP contribution >= 0.6 is 0 Å². The molecular formula is C38H67N2+. The van der Waals surface area contributed by atoms with E-state index in [0.29, 0.717) is 0 Å². The number of aromatic nitrogens is 2. The second-order valence-electron chi connectivity index (χ2n) is 12.5. The molecule has 0 spiro atoms. The maximum absolute atomic E-state index is 2.58. The summed E-state index contributed by atoms with van der Waals surface area (Å²) in [6.07, 6.45) is 40.0. The molecule has 0 N–H and O–H groups in total. The van der Waals surface area contributed by atoms with Gasteiger partial charge in [0.1, 0.15) is 18.9 Å². The molecule has 0 atom stereocenters. The van der Waals surface area contributed by atoms with Gasteiger partial charge in [0, 0.05) is 6.42 Å². The molecule has 2 aromatic rings. The zero-order valence-corrected chi connectivity index (χ0v) is 27.0. The van der Waals surface area contributed by atoms with Crippen LogP contribution in [-0.2, 0) is 19.5 Å². The van der Waals surface area contributed by atoms with Crippen molar-refractivity contribution in [2.45, 2.75) is 187 Å². The van der Waals surface area contributed by atoms with E-state index in [4.69, 9.17) is 0 Å². The van der Waals surface area contributed by atoms with E-state index in [0.717, 1.165) is 6.54 Å². The minimum Gasteiger partial charge on any atom is -0.234 e. The van der Waals surface area contributed by atoms with Crippen LogP contribution in [0.5, 0.6) is 0 Å². The Labute approximate surface area is 250 Å². The third kappa shape index (κ3) is 17.3. The lowest BCUT2D eigenvalue weighted by Gasteiger charge is -2.07. The summed E-state index contributed by atoms with van der Waals surface area (Å²) in [6, 6.07) is 11.0. The summed E-state index contributed by atoms with van der Waals surface area (Å²) in [6.45, 7) is 6.80. The third-order valence-electron chi connectivity index (χ3n) is 8.79. The number of nitrogens with zero attached hydrogens (tertiary/aromatic N) is 2. The molecule has 0 aliphatic rings. The Morgan fingerprint density at radius 3 is 1.40 bits per heavy atom. The Bertz CT molecular complexity index is 793. The van der Waals surface area contributed by atoms with Gasteiger partial charge in [0.2, 0.25) is 0 Å². The first kappa shape index (κ1) is 34.6. The molecule has 1 aromatic heterocycles. The van der Waals surface area contributed by atoms with E-state index < -0.39 is 0 Å². The molecular weight excluding hydrogens is 484 g/mol. The van der Waals surface area contributed by atoms with Gasteiger partial charge in [-0.15, -0.1) is 0 Å². The predicted octanol–water partition coefficient (Wildman–Crippen LogP) is 11.8. The third-order valence-corrected chi connectivity index (χ3v) is 8.79. The highest BCUT2D eigenvalue weighted by molar-refractivity contribution is 5.13. The Balaban J connectivity index is 1.64.